The molecule has 0 aromatic rings. The molecular formula is C16H29N3O2. The molecule has 0 unspecified atom stereocenters. The maximum Gasteiger partial charge on any atom is 0.240 e. The number of carbonyl (C=O) groups is 2. The quantitative estimate of drug-likeness (QED) is 0.778. The molecule has 1 rings (SSSR count). The van der Waals surface area contributed by atoms with Crippen LogP contribution >= 0.6 is 0 Å². The Labute approximate surface area is 128 Å². The van der Waals surface area contributed by atoms with E-state index in [9.17, 15) is 9.59 Å². The summed E-state index contributed by atoms with van der Waals surface area (Å²) in [6.45, 7) is 7.07. The minimum Gasteiger partial charge on any atom is -0.353 e. The molecule has 0 saturated heterocycles. The number of hydrogen-bond acceptors (Lipinski definition) is 3. The van der Waals surface area contributed by atoms with Gasteiger partial charge in [-0.2, -0.15) is 0 Å². The van der Waals surface area contributed by atoms with Crippen LogP contribution in [0.3, 0.4) is 0 Å². The first-order chi connectivity index (χ1) is 9.93. The van der Waals surface area contributed by atoms with Gasteiger partial charge in [-0.25, -0.2) is 0 Å². The third-order valence-corrected chi connectivity index (χ3v) is 3.50. The Bertz CT molecular complexity index is 391. The number of carbonyl (C=O) groups excluding carboxylic acids is 2. The molecule has 0 atom stereocenters. The van der Waals surface area contributed by atoms with Gasteiger partial charge in [-0.15, -0.1) is 0 Å². The molecule has 5 heteroatoms. The van der Waals surface area contributed by atoms with Crippen LogP contribution in [0.25, 0.3) is 0 Å². The van der Waals surface area contributed by atoms with Gasteiger partial charge in [-0.3, -0.25) is 14.5 Å². The summed E-state index contributed by atoms with van der Waals surface area (Å²) in [4.78, 5) is 27.7. The third kappa shape index (κ3) is 6.29. The van der Waals surface area contributed by atoms with E-state index in [1.165, 1.54) is 6.42 Å². The number of nitrogens with zero attached hydrogens (tertiary/aromatic N) is 2. The first-order valence-corrected chi connectivity index (χ1v) is 7.91. The molecule has 0 spiro atoms. The molecule has 0 aromatic carbocycles. The monoisotopic (exact) mass is 295 g/mol. The van der Waals surface area contributed by atoms with Gasteiger partial charge in [-0.1, -0.05) is 6.08 Å². The highest BCUT2D eigenvalue weighted by atomic mass is 16.2. The van der Waals surface area contributed by atoms with Crippen LogP contribution in [0.5, 0.6) is 0 Å². The van der Waals surface area contributed by atoms with Crippen molar-refractivity contribution < 1.29 is 9.59 Å². The molecule has 0 bridgehead atoms. The molecule has 120 valence electrons. The van der Waals surface area contributed by atoms with Crippen LogP contribution in [0.4, 0.5) is 0 Å². The molecule has 0 heterocycles. The zero-order valence-corrected chi connectivity index (χ0v) is 13.8. The van der Waals surface area contributed by atoms with E-state index in [1.807, 2.05) is 25.7 Å². The minimum atomic E-state index is -0.0415. The highest BCUT2D eigenvalue weighted by molar-refractivity contribution is 5.82. The largest absolute Gasteiger partial charge is 0.353 e. The summed E-state index contributed by atoms with van der Waals surface area (Å²) in [5, 5.41) is 2.84. The van der Waals surface area contributed by atoms with Crippen molar-refractivity contribution in [3.8, 4) is 0 Å². The second kappa shape index (κ2) is 8.82. The number of rotatable bonds is 7. The number of amides is 2. The van der Waals surface area contributed by atoms with Gasteiger partial charge in [0, 0.05) is 18.3 Å². The summed E-state index contributed by atoms with van der Waals surface area (Å²) in [5.41, 5.74) is 1.15. The molecule has 1 aliphatic carbocycles. The Morgan fingerprint density at radius 3 is 2.52 bits per heavy atom. The molecule has 0 saturated carbocycles. The van der Waals surface area contributed by atoms with Crippen molar-refractivity contribution in [2.75, 3.05) is 26.7 Å². The molecule has 5 nitrogen and oxygen atoms in total. The van der Waals surface area contributed by atoms with E-state index in [-0.39, 0.29) is 30.9 Å². The van der Waals surface area contributed by atoms with Crippen molar-refractivity contribution in [3.63, 3.8) is 0 Å². The molecule has 1 N–H and O–H groups in total. The fraction of sp³-hybridized carbons (Fsp3) is 0.750. The highest BCUT2D eigenvalue weighted by Gasteiger charge is 2.20. The van der Waals surface area contributed by atoms with Crippen molar-refractivity contribution in [1.29, 1.82) is 0 Å². The van der Waals surface area contributed by atoms with Gasteiger partial charge in [0.15, 0.2) is 0 Å². The molecule has 21 heavy (non-hydrogen) atoms. The summed E-state index contributed by atoms with van der Waals surface area (Å²) in [5.74, 6) is 0.0331. The Morgan fingerprint density at radius 1 is 1.29 bits per heavy atom. The average Bonchev–Trinajstić information content (AvgIpc) is 2.39. The number of likely N-dealkylation sites (N-methyl/N-ethyl adjacent to an activating group) is 2. The fourth-order valence-electron chi connectivity index (χ4n) is 2.59. The van der Waals surface area contributed by atoms with Crippen molar-refractivity contribution in [3.05, 3.63) is 11.8 Å². The second-order valence-corrected chi connectivity index (χ2v) is 5.97. The molecule has 0 aliphatic heterocycles. The topological polar surface area (TPSA) is 52.7 Å². The lowest BCUT2D eigenvalue weighted by atomic mass is 10.0. The fourth-order valence-corrected chi connectivity index (χ4v) is 2.59. The Kier molecular flexibility index (Phi) is 7.43. The zero-order valence-electron chi connectivity index (χ0n) is 13.8. The normalized spacial score (nSPS) is 15.0. The van der Waals surface area contributed by atoms with Gasteiger partial charge in [0.2, 0.25) is 11.8 Å². The maximum atomic E-state index is 12.4. The van der Waals surface area contributed by atoms with Gasteiger partial charge in [0.25, 0.3) is 0 Å². The van der Waals surface area contributed by atoms with Gasteiger partial charge >= 0.3 is 0 Å². The van der Waals surface area contributed by atoms with Crippen LogP contribution < -0.4 is 5.32 Å². The third-order valence-electron chi connectivity index (χ3n) is 3.50. The predicted molar refractivity (Wildman–Crippen MR) is 84.7 cm³/mol. The van der Waals surface area contributed by atoms with Crippen molar-refractivity contribution in [2.24, 2.45) is 0 Å². The van der Waals surface area contributed by atoms with Crippen LogP contribution in [0.15, 0.2) is 11.8 Å². The first-order valence-electron chi connectivity index (χ1n) is 7.91. The molecular weight excluding hydrogens is 266 g/mol. The first kappa shape index (κ1) is 17.7. The molecule has 0 aromatic heterocycles. The van der Waals surface area contributed by atoms with Gasteiger partial charge < -0.3 is 10.2 Å². The SMILES string of the molecule is CCN(C(=O)CN(C)CC(=O)NC(C)C)C1=CCCCC1. The zero-order chi connectivity index (χ0) is 15.8. The minimum absolute atomic E-state index is 0.0415. The van der Waals surface area contributed by atoms with E-state index in [1.54, 1.807) is 11.9 Å². The summed E-state index contributed by atoms with van der Waals surface area (Å²) >= 11 is 0. The van der Waals surface area contributed by atoms with Crippen LogP contribution in [0, 0.1) is 0 Å². The Hall–Kier alpha value is -1.36. The molecule has 1 aliphatic rings. The smallest absolute Gasteiger partial charge is 0.240 e. The lowest BCUT2D eigenvalue weighted by Gasteiger charge is -2.28. The van der Waals surface area contributed by atoms with Crippen LogP contribution in [0.1, 0.15) is 46.5 Å². The van der Waals surface area contributed by atoms with Crippen LogP contribution in [-0.4, -0.2) is 54.3 Å². The Morgan fingerprint density at radius 2 is 2.00 bits per heavy atom. The van der Waals surface area contributed by atoms with Crippen molar-refractivity contribution >= 4 is 11.8 Å². The van der Waals surface area contributed by atoms with Gasteiger partial charge in [0.05, 0.1) is 13.1 Å². The lowest BCUT2D eigenvalue weighted by molar-refractivity contribution is -0.131. The molecule has 2 amide bonds. The summed E-state index contributed by atoms with van der Waals surface area (Å²) in [6.07, 6.45) is 6.59. The van der Waals surface area contributed by atoms with E-state index >= 15 is 0 Å². The standard InChI is InChI=1S/C16H29N3O2/c1-5-19(14-9-7-6-8-10-14)16(21)12-18(4)11-15(20)17-13(2)3/h9,13H,5-8,10-12H2,1-4H3,(H,17,20). The summed E-state index contributed by atoms with van der Waals surface area (Å²) in [7, 11) is 1.81. The summed E-state index contributed by atoms with van der Waals surface area (Å²) in [6, 6.07) is 0.126. The molecule has 0 fully saturated rings. The van der Waals surface area contributed by atoms with Crippen LogP contribution in [-0.2, 0) is 9.59 Å². The number of hydrogen-bond donors (Lipinski definition) is 1. The maximum absolute atomic E-state index is 12.4. The summed E-state index contributed by atoms with van der Waals surface area (Å²) < 4.78 is 0. The van der Waals surface area contributed by atoms with E-state index in [0.717, 1.165) is 25.0 Å². The number of allylic oxidation sites excluding steroid dienone is 2. The highest BCUT2D eigenvalue weighted by Crippen LogP contribution is 2.20. The lowest BCUT2D eigenvalue weighted by Crippen LogP contribution is -2.43. The van der Waals surface area contributed by atoms with E-state index in [0.29, 0.717) is 6.54 Å². The Balaban J connectivity index is 2.49. The second-order valence-electron chi connectivity index (χ2n) is 5.97. The number of nitrogens with one attached hydrogen (secondary N) is 1. The van der Waals surface area contributed by atoms with E-state index in [2.05, 4.69) is 11.4 Å². The van der Waals surface area contributed by atoms with Crippen molar-refractivity contribution in [1.82, 2.24) is 15.1 Å². The predicted octanol–water partition coefficient (Wildman–Crippen LogP) is 1.75. The van der Waals surface area contributed by atoms with E-state index in [4.69, 9.17) is 0 Å². The average molecular weight is 295 g/mol. The van der Waals surface area contributed by atoms with Gasteiger partial charge in [-0.05, 0) is 53.5 Å². The van der Waals surface area contributed by atoms with Crippen molar-refractivity contribution in [2.45, 2.75) is 52.5 Å². The molecule has 0 radical (unpaired) electrons. The van der Waals surface area contributed by atoms with E-state index < -0.39 is 0 Å². The van der Waals surface area contributed by atoms with Gasteiger partial charge in [0.1, 0.15) is 0 Å². The van der Waals surface area contributed by atoms with Crippen LogP contribution in [0.2, 0.25) is 0 Å².